The van der Waals surface area contributed by atoms with Crippen LogP contribution in [0.3, 0.4) is 0 Å². The monoisotopic (exact) mass is 421 g/mol. The summed E-state index contributed by atoms with van der Waals surface area (Å²) in [6.07, 6.45) is 2.30. The minimum atomic E-state index is -3.72. The smallest absolute Gasteiger partial charge is 0.240 e. The summed E-state index contributed by atoms with van der Waals surface area (Å²) in [6.45, 7) is 2.59. The van der Waals surface area contributed by atoms with Crippen molar-refractivity contribution in [2.75, 3.05) is 40.4 Å². The number of hydrogen-bond acceptors (Lipinski definition) is 6. The molecule has 1 aromatic rings. The van der Waals surface area contributed by atoms with Crippen molar-refractivity contribution < 1.29 is 22.7 Å². The molecule has 1 unspecified atom stereocenters. The molecule has 27 heavy (non-hydrogen) atoms. The third-order valence-electron chi connectivity index (χ3n) is 4.30. The van der Waals surface area contributed by atoms with Gasteiger partial charge in [-0.3, -0.25) is 4.79 Å². The van der Waals surface area contributed by atoms with Gasteiger partial charge in [-0.25, -0.2) is 13.1 Å². The number of carbonyl (C=O) groups is 1. The van der Waals surface area contributed by atoms with Crippen LogP contribution in [0.5, 0.6) is 11.5 Å². The molecule has 0 saturated carbocycles. The van der Waals surface area contributed by atoms with Gasteiger partial charge in [-0.1, -0.05) is 0 Å². The Hall–Kier alpha value is -1.55. The Labute approximate surface area is 166 Å². The summed E-state index contributed by atoms with van der Waals surface area (Å²) in [5.41, 5.74) is 0. The molecule has 0 radical (unpaired) electrons. The van der Waals surface area contributed by atoms with Gasteiger partial charge in [0.05, 0.1) is 19.1 Å². The molecular weight excluding hydrogens is 394 g/mol. The molecule has 0 aliphatic carbocycles. The van der Waals surface area contributed by atoms with Gasteiger partial charge in [0.1, 0.15) is 0 Å². The predicted molar refractivity (Wildman–Crippen MR) is 105 cm³/mol. The number of nitrogens with one attached hydrogen (secondary N) is 3. The highest BCUT2D eigenvalue weighted by atomic mass is 35.5. The summed E-state index contributed by atoms with van der Waals surface area (Å²) < 4.78 is 37.3. The highest BCUT2D eigenvalue weighted by molar-refractivity contribution is 7.89. The van der Waals surface area contributed by atoms with E-state index in [9.17, 15) is 13.2 Å². The molecule has 2 rings (SSSR count). The lowest BCUT2D eigenvalue weighted by Gasteiger charge is -2.22. The van der Waals surface area contributed by atoms with Crippen LogP contribution in [-0.2, 0) is 14.8 Å². The summed E-state index contributed by atoms with van der Waals surface area (Å²) in [4.78, 5) is 11.9. The molecule has 1 amide bonds. The van der Waals surface area contributed by atoms with Gasteiger partial charge in [0.2, 0.25) is 15.9 Å². The van der Waals surface area contributed by atoms with Crippen molar-refractivity contribution in [1.29, 1.82) is 0 Å². The lowest BCUT2D eigenvalue weighted by atomic mass is 10.00. The molecule has 10 heteroatoms. The van der Waals surface area contributed by atoms with Crippen LogP contribution in [-0.4, -0.2) is 54.7 Å². The van der Waals surface area contributed by atoms with Gasteiger partial charge in [-0.2, -0.15) is 0 Å². The van der Waals surface area contributed by atoms with Crippen molar-refractivity contribution in [2.45, 2.75) is 24.2 Å². The van der Waals surface area contributed by atoms with Crippen LogP contribution in [0.1, 0.15) is 19.3 Å². The Morgan fingerprint density at radius 1 is 1.26 bits per heavy atom. The minimum absolute atomic E-state index is 0. The number of piperidine rings is 1. The van der Waals surface area contributed by atoms with Crippen LogP contribution in [0.4, 0.5) is 0 Å². The normalized spacial score (nSPS) is 16.9. The Balaban J connectivity index is 0.00000364. The molecule has 1 aromatic carbocycles. The fraction of sp³-hybridized carbons (Fsp3) is 0.588. The van der Waals surface area contributed by atoms with E-state index < -0.39 is 10.0 Å². The van der Waals surface area contributed by atoms with Gasteiger partial charge < -0.3 is 20.1 Å². The van der Waals surface area contributed by atoms with E-state index in [1.165, 1.54) is 32.4 Å². The maximum atomic E-state index is 12.3. The highest BCUT2D eigenvalue weighted by Crippen LogP contribution is 2.29. The lowest BCUT2D eigenvalue weighted by molar-refractivity contribution is -0.121. The Morgan fingerprint density at radius 3 is 2.63 bits per heavy atom. The largest absolute Gasteiger partial charge is 0.493 e. The number of sulfonamides is 1. The van der Waals surface area contributed by atoms with Crippen molar-refractivity contribution >= 4 is 28.3 Å². The zero-order chi connectivity index (χ0) is 19.0. The molecule has 154 valence electrons. The van der Waals surface area contributed by atoms with Gasteiger partial charge in [0.15, 0.2) is 11.5 Å². The van der Waals surface area contributed by atoms with Gasteiger partial charge in [0.25, 0.3) is 0 Å². The van der Waals surface area contributed by atoms with E-state index in [2.05, 4.69) is 15.4 Å². The molecule has 3 N–H and O–H groups in total. The van der Waals surface area contributed by atoms with E-state index in [0.29, 0.717) is 24.0 Å². The number of halogens is 1. The molecular formula is C17H28ClN3O5S. The second-order valence-corrected chi connectivity index (χ2v) is 7.95. The number of benzene rings is 1. The van der Waals surface area contributed by atoms with Gasteiger partial charge >= 0.3 is 0 Å². The minimum Gasteiger partial charge on any atom is -0.493 e. The average Bonchev–Trinajstić information content (AvgIpc) is 2.66. The predicted octanol–water partition coefficient (Wildman–Crippen LogP) is 0.910. The van der Waals surface area contributed by atoms with Gasteiger partial charge in [-0.15, -0.1) is 12.4 Å². The fourth-order valence-electron chi connectivity index (χ4n) is 2.81. The number of rotatable bonds is 9. The van der Waals surface area contributed by atoms with Crippen LogP contribution in [0, 0.1) is 5.92 Å². The molecule has 1 fully saturated rings. The third-order valence-corrected chi connectivity index (χ3v) is 5.75. The van der Waals surface area contributed by atoms with Crippen LogP contribution in [0.25, 0.3) is 0 Å². The van der Waals surface area contributed by atoms with Crippen LogP contribution < -0.4 is 24.8 Å². The molecule has 1 heterocycles. The van der Waals surface area contributed by atoms with E-state index in [0.717, 1.165) is 25.9 Å². The summed E-state index contributed by atoms with van der Waals surface area (Å²) in [7, 11) is -0.808. The van der Waals surface area contributed by atoms with Crippen LogP contribution in [0.15, 0.2) is 23.1 Å². The number of carbonyl (C=O) groups excluding carboxylic acids is 1. The number of ether oxygens (including phenoxy) is 2. The summed E-state index contributed by atoms with van der Waals surface area (Å²) in [5, 5.41) is 6.16. The molecule has 1 aliphatic rings. The first-order valence-electron chi connectivity index (χ1n) is 8.65. The van der Waals surface area contributed by atoms with Crippen LogP contribution in [0.2, 0.25) is 0 Å². The summed E-state index contributed by atoms with van der Waals surface area (Å²) in [6, 6.07) is 4.34. The maximum absolute atomic E-state index is 12.3. The first-order chi connectivity index (χ1) is 12.5. The number of amides is 1. The maximum Gasteiger partial charge on any atom is 0.240 e. The zero-order valence-corrected chi connectivity index (χ0v) is 17.2. The Kier molecular flexibility index (Phi) is 9.86. The van der Waals surface area contributed by atoms with E-state index >= 15 is 0 Å². The van der Waals surface area contributed by atoms with E-state index in [1.807, 2.05) is 0 Å². The van der Waals surface area contributed by atoms with E-state index in [-0.39, 0.29) is 36.2 Å². The van der Waals surface area contributed by atoms with Crippen LogP contribution >= 0.6 is 12.4 Å². The van der Waals surface area contributed by atoms with Gasteiger partial charge in [0, 0.05) is 25.6 Å². The topological polar surface area (TPSA) is 106 Å². The molecule has 0 bridgehead atoms. The van der Waals surface area contributed by atoms with Crippen molar-refractivity contribution in [2.24, 2.45) is 5.92 Å². The quantitative estimate of drug-likeness (QED) is 0.547. The number of methoxy groups -OCH3 is 2. The molecule has 8 nitrogen and oxygen atoms in total. The Morgan fingerprint density at radius 2 is 2.00 bits per heavy atom. The van der Waals surface area contributed by atoms with E-state index in [1.54, 1.807) is 0 Å². The zero-order valence-electron chi connectivity index (χ0n) is 15.6. The molecule has 0 spiro atoms. The lowest BCUT2D eigenvalue weighted by Crippen LogP contribution is -2.39. The average molecular weight is 422 g/mol. The highest BCUT2D eigenvalue weighted by Gasteiger charge is 2.18. The summed E-state index contributed by atoms with van der Waals surface area (Å²) >= 11 is 0. The van der Waals surface area contributed by atoms with Crippen molar-refractivity contribution in [3.63, 3.8) is 0 Å². The number of hydrogen-bond donors (Lipinski definition) is 3. The summed E-state index contributed by atoms with van der Waals surface area (Å²) in [5.74, 6) is 1.05. The molecule has 1 atom stereocenters. The second-order valence-electron chi connectivity index (χ2n) is 6.18. The third kappa shape index (κ3) is 7.17. The van der Waals surface area contributed by atoms with Crippen molar-refractivity contribution in [3.8, 4) is 11.5 Å². The second kappa shape index (κ2) is 11.3. The first-order valence-corrected chi connectivity index (χ1v) is 10.1. The molecule has 1 aliphatic heterocycles. The van der Waals surface area contributed by atoms with Crippen molar-refractivity contribution in [1.82, 2.24) is 15.4 Å². The Bertz CT molecular complexity index is 709. The molecule has 1 saturated heterocycles. The SMILES string of the molecule is COc1ccc(S(=O)(=O)NCCC(=O)NCC2CCCNC2)cc1OC.Cl. The fourth-order valence-corrected chi connectivity index (χ4v) is 3.86. The van der Waals surface area contributed by atoms with Crippen molar-refractivity contribution in [3.05, 3.63) is 18.2 Å². The van der Waals surface area contributed by atoms with E-state index in [4.69, 9.17) is 9.47 Å². The first kappa shape index (κ1) is 23.5. The van der Waals surface area contributed by atoms with Gasteiger partial charge in [-0.05, 0) is 44.0 Å². The standard InChI is InChI=1S/C17H27N3O5S.ClH/c1-24-15-6-5-14(10-16(15)25-2)26(22,23)20-9-7-17(21)19-12-13-4-3-8-18-11-13;/h5-6,10,13,18,20H,3-4,7-9,11-12H2,1-2H3,(H,19,21);1H. The molecule has 0 aromatic heterocycles.